The van der Waals surface area contributed by atoms with Crippen LogP contribution in [0.3, 0.4) is 0 Å². The number of hydrogen-bond donors (Lipinski definition) is 0. The van der Waals surface area contributed by atoms with Gasteiger partial charge in [-0.2, -0.15) is 0 Å². The molecule has 0 fully saturated rings. The number of ketones is 1. The van der Waals surface area contributed by atoms with Gasteiger partial charge in [-0.3, -0.25) is 4.79 Å². The van der Waals surface area contributed by atoms with Crippen LogP contribution in [0.5, 0.6) is 0 Å². The largest absolute Gasteiger partial charge is 0.465 e. The van der Waals surface area contributed by atoms with Crippen LogP contribution in [-0.4, -0.2) is 31.9 Å². The Bertz CT molecular complexity index is 952. The molecule has 9 heteroatoms. The fraction of sp³-hybridized carbons (Fsp3) is 0.105. The minimum atomic E-state index is -0.600. The summed E-state index contributed by atoms with van der Waals surface area (Å²) in [6.45, 7) is 0. The first kappa shape index (κ1) is 20.7. The molecule has 0 radical (unpaired) electrons. The predicted molar refractivity (Wildman–Crippen MR) is 115 cm³/mol. The second-order valence-corrected chi connectivity index (χ2v) is 9.39. The Kier molecular flexibility index (Phi) is 6.95. The molecular formula is C19H14O5S4. The molecule has 0 aromatic carbocycles. The fourth-order valence-corrected chi connectivity index (χ4v) is 6.29. The van der Waals surface area contributed by atoms with Gasteiger partial charge in [0.05, 0.1) is 23.3 Å². The molecule has 0 saturated carbocycles. The van der Waals surface area contributed by atoms with Crippen molar-refractivity contribution in [2.75, 3.05) is 14.2 Å². The van der Waals surface area contributed by atoms with Crippen LogP contribution in [0.1, 0.15) is 14.5 Å². The van der Waals surface area contributed by atoms with E-state index in [9.17, 15) is 14.4 Å². The summed E-state index contributed by atoms with van der Waals surface area (Å²) in [5.41, 5.74) is 0.759. The number of carbonyl (C=O) groups is 3. The third-order valence-electron chi connectivity index (χ3n) is 3.51. The smallest absolute Gasteiger partial charge is 0.346 e. The molecule has 3 heterocycles. The van der Waals surface area contributed by atoms with E-state index in [4.69, 9.17) is 9.47 Å². The highest BCUT2D eigenvalue weighted by Gasteiger charge is 2.33. The van der Waals surface area contributed by atoms with Crippen molar-refractivity contribution in [1.82, 2.24) is 0 Å². The molecule has 144 valence electrons. The van der Waals surface area contributed by atoms with Crippen molar-refractivity contribution < 1.29 is 23.9 Å². The molecule has 0 N–H and O–H groups in total. The Labute approximate surface area is 178 Å². The van der Waals surface area contributed by atoms with Gasteiger partial charge in [0.2, 0.25) is 0 Å². The number of esters is 2. The summed E-state index contributed by atoms with van der Waals surface area (Å²) in [6.07, 6.45) is 3.22. The van der Waals surface area contributed by atoms with E-state index in [0.29, 0.717) is 9.11 Å². The molecule has 2 aromatic rings. The van der Waals surface area contributed by atoms with E-state index in [1.54, 1.807) is 12.1 Å². The second kappa shape index (κ2) is 9.42. The molecule has 0 bridgehead atoms. The zero-order valence-corrected chi connectivity index (χ0v) is 18.1. The average Bonchev–Trinajstić information content (AvgIpc) is 3.48. The SMILES string of the molecule is COC(=O)C1=C(C(=O)OC)SC(=C(/C=C/C(=O)c2cccs2)c2cccs2)S1. The van der Waals surface area contributed by atoms with E-state index in [1.807, 2.05) is 29.0 Å². The van der Waals surface area contributed by atoms with E-state index in [2.05, 4.69) is 0 Å². The van der Waals surface area contributed by atoms with Crippen molar-refractivity contribution >= 4 is 69.5 Å². The maximum atomic E-state index is 12.4. The van der Waals surface area contributed by atoms with Crippen LogP contribution in [0.4, 0.5) is 0 Å². The number of rotatable bonds is 6. The summed E-state index contributed by atoms with van der Waals surface area (Å²) in [5.74, 6) is -1.30. The van der Waals surface area contributed by atoms with Gasteiger partial charge in [0.25, 0.3) is 0 Å². The lowest BCUT2D eigenvalue weighted by Crippen LogP contribution is -2.08. The second-order valence-electron chi connectivity index (χ2n) is 5.20. The number of hydrogen-bond acceptors (Lipinski definition) is 9. The maximum absolute atomic E-state index is 12.4. The quantitative estimate of drug-likeness (QED) is 0.350. The first-order valence-corrected chi connectivity index (χ1v) is 11.2. The van der Waals surface area contributed by atoms with Crippen molar-refractivity contribution in [3.63, 3.8) is 0 Å². The molecule has 0 spiro atoms. The van der Waals surface area contributed by atoms with Crippen molar-refractivity contribution in [2.24, 2.45) is 0 Å². The van der Waals surface area contributed by atoms with Gasteiger partial charge in [-0.15, -0.1) is 22.7 Å². The number of thiophene rings is 2. The molecule has 1 aliphatic rings. The molecule has 0 aliphatic carbocycles. The summed E-state index contributed by atoms with van der Waals surface area (Å²) in [5, 5.41) is 3.77. The molecule has 5 nitrogen and oxygen atoms in total. The molecule has 0 atom stereocenters. The van der Waals surface area contributed by atoms with E-state index in [1.165, 1.54) is 43.0 Å². The summed E-state index contributed by atoms with van der Waals surface area (Å²) < 4.78 is 10.3. The third kappa shape index (κ3) is 4.49. The average molecular weight is 451 g/mol. The Hall–Kier alpha value is -2.07. The lowest BCUT2D eigenvalue weighted by atomic mass is 10.2. The summed E-state index contributed by atoms with van der Waals surface area (Å²) in [6, 6.07) is 7.40. The van der Waals surface area contributed by atoms with Crippen LogP contribution in [0, 0.1) is 0 Å². The maximum Gasteiger partial charge on any atom is 0.346 e. The number of ether oxygens (including phenoxy) is 2. The van der Waals surface area contributed by atoms with Gasteiger partial charge in [-0.25, -0.2) is 9.59 Å². The minimum absolute atomic E-state index is 0.105. The minimum Gasteiger partial charge on any atom is -0.465 e. The normalized spacial score (nSPS) is 13.9. The molecule has 0 amide bonds. The van der Waals surface area contributed by atoms with Crippen molar-refractivity contribution in [1.29, 1.82) is 0 Å². The summed E-state index contributed by atoms with van der Waals surface area (Å²) in [7, 11) is 2.52. The number of thioether (sulfide) groups is 2. The van der Waals surface area contributed by atoms with E-state index in [0.717, 1.165) is 34.0 Å². The highest BCUT2D eigenvalue weighted by Crippen LogP contribution is 2.53. The zero-order valence-electron chi connectivity index (χ0n) is 14.8. The third-order valence-corrected chi connectivity index (χ3v) is 7.89. The van der Waals surface area contributed by atoms with Crippen LogP contribution in [0.15, 0.2) is 61.2 Å². The lowest BCUT2D eigenvalue weighted by Gasteiger charge is -2.04. The Morgan fingerprint density at radius 3 is 1.82 bits per heavy atom. The highest BCUT2D eigenvalue weighted by atomic mass is 32.2. The van der Waals surface area contributed by atoms with E-state index in [-0.39, 0.29) is 15.6 Å². The van der Waals surface area contributed by atoms with Gasteiger partial charge in [-0.05, 0) is 35.0 Å². The van der Waals surface area contributed by atoms with Crippen molar-refractivity contribution in [3.8, 4) is 0 Å². The highest BCUT2D eigenvalue weighted by molar-refractivity contribution is 8.29. The van der Waals surface area contributed by atoms with Gasteiger partial charge in [0.1, 0.15) is 9.81 Å². The molecule has 2 aromatic heterocycles. The number of allylic oxidation sites excluding steroid dienone is 3. The number of carbonyl (C=O) groups excluding carboxylic acids is 3. The van der Waals surface area contributed by atoms with Crippen molar-refractivity contribution in [3.05, 3.63) is 71.0 Å². The molecular weight excluding hydrogens is 436 g/mol. The molecule has 1 aliphatic heterocycles. The molecule has 0 saturated heterocycles. The van der Waals surface area contributed by atoms with Crippen LogP contribution in [-0.2, 0) is 19.1 Å². The van der Waals surface area contributed by atoms with Crippen LogP contribution in [0.2, 0.25) is 0 Å². The summed E-state index contributed by atoms with van der Waals surface area (Å²) in [4.78, 5) is 38.5. The fourth-order valence-electron chi connectivity index (χ4n) is 2.21. The van der Waals surface area contributed by atoms with E-state index >= 15 is 0 Å². The predicted octanol–water partition coefficient (Wildman–Crippen LogP) is 4.95. The molecule has 3 rings (SSSR count). The lowest BCUT2D eigenvalue weighted by molar-refractivity contribution is -0.138. The van der Waals surface area contributed by atoms with Crippen LogP contribution in [0.25, 0.3) is 5.57 Å². The summed E-state index contributed by atoms with van der Waals surface area (Å²) >= 11 is 5.16. The van der Waals surface area contributed by atoms with Gasteiger partial charge in [-0.1, -0.05) is 35.7 Å². The monoisotopic (exact) mass is 450 g/mol. The van der Waals surface area contributed by atoms with Gasteiger partial charge in [0, 0.05) is 10.5 Å². The Morgan fingerprint density at radius 2 is 1.36 bits per heavy atom. The topological polar surface area (TPSA) is 69.7 Å². The first-order valence-electron chi connectivity index (χ1n) is 7.85. The van der Waals surface area contributed by atoms with Crippen LogP contribution < -0.4 is 0 Å². The van der Waals surface area contributed by atoms with Gasteiger partial charge in [0.15, 0.2) is 5.78 Å². The molecule has 28 heavy (non-hydrogen) atoms. The standard InChI is InChI=1S/C19H14O5S4/c1-23-17(21)15-16(18(22)24-2)28-19(27-15)11(13-5-3-9-25-13)7-8-12(20)14-6-4-10-26-14/h3-10H,1-2H3/b8-7+. The zero-order chi connectivity index (χ0) is 20.1. The Balaban J connectivity index is 1.99. The first-order chi connectivity index (χ1) is 13.5. The van der Waals surface area contributed by atoms with Gasteiger partial charge < -0.3 is 9.47 Å². The van der Waals surface area contributed by atoms with Crippen molar-refractivity contribution in [2.45, 2.75) is 0 Å². The van der Waals surface area contributed by atoms with Gasteiger partial charge >= 0.3 is 11.9 Å². The Morgan fingerprint density at radius 1 is 0.821 bits per heavy atom. The molecule has 0 unspecified atom stereocenters. The van der Waals surface area contributed by atoms with E-state index < -0.39 is 11.9 Å². The number of methoxy groups -OCH3 is 2. The van der Waals surface area contributed by atoms with Crippen LogP contribution >= 0.6 is 46.2 Å².